The molecule has 0 aliphatic carbocycles. The minimum absolute atomic E-state index is 0.143. The van der Waals surface area contributed by atoms with Gasteiger partial charge in [0, 0.05) is 6.54 Å². The van der Waals surface area contributed by atoms with Gasteiger partial charge in [-0.25, -0.2) is 0 Å². The Kier molecular flexibility index (Phi) is 4.59. The summed E-state index contributed by atoms with van der Waals surface area (Å²) in [4.78, 5) is 13.7. The molecule has 5 nitrogen and oxygen atoms in total. The van der Waals surface area contributed by atoms with Crippen molar-refractivity contribution in [3.63, 3.8) is 0 Å². The molecular weight excluding hydrogens is 318 g/mol. The Morgan fingerprint density at radius 2 is 1.95 bits per heavy atom. The Labute approximate surface area is 126 Å². The van der Waals surface area contributed by atoms with Gasteiger partial charge < -0.3 is 0 Å². The molecule has 1 fully saturated rings. The average Bonchev–Trinajstić information content (AvgIpc) is 2.63. The lowest BCUT2D eigenvalue weighted by Gasteiger charge is -2.12. The summed E-state index contributed by atoms with van der Waals surface area (Å²) in [7, 11) is -4.12. The molecule has 1 aromatic carbocycles. The molecule has 8 heteroatoms. The zero-order valence-electron chi connectivity index (χ0n) is 10.2. The Hall–Kier alpha value is -1.22. The summed E-state index contributed by atoms with van der Waals surface area (Å²) in [5, 5.41) is 0. The summed E-state index contributed by atoms with van der Waals surface area (Å²) in [6.45, 7) is -0.143. The van der Waals surface area contributed by atoms with Crippen LogP contribution in [-0.4, -0.2) is 40.4 Å². The van der Waals surface area contributed by atoms with Gasteiger partial charge in [-0.3, -0.25) is 14.2 Å². The number of nitrogens with zero attached hydrogens (tertiary/aromatic N) is 1. The number of hydrogen-bond acceptors (Lipinski definition) is 5. The van der Waals surface area contributed by atoms with Crippen LogP contribution >= 0.6 is 24.0 Å². The summed E-state index contributed by atoms with van der Waals surface area (Å²) in [5.41, 5.74) is 0.864. The molecule has 106 valence electrons. The molecule has 2 rings (SSSR count). The normalized spacial score (nSPS) is 18.1. The lowest BCUT2D eigenvalue weighted by atomic mass is 10.2. The van der Waals surface area contributed by atoms with Crippen molar-refractivity contribution in [1.29, 1.82) is 0 Å². The van der Waals surface area contributed by atoms with Crippen LogP contribution in [0.25, 0.3) is 6.08 Å². The number of thiocarbonyl (C=S) groups is 1. The molecule has 20 heavy (non-hydrogen) atoms. The topological polar surface area (TPSA) is 74.7 Å². The van der Waals surface area contributed by atoms with E-state index in [0.717, 1.165) is 17.3 Å². The Bertz CT molecular complexity index is 667. The summed E-state index contributed by atoms with van der Waals surface area (Å²) < 4.78 is 30.5. The van der Waals surface area contributed by atoms with Gasteiger partial charge >= 0.3 is 0 Å². The fourth-order valence-corrected chi connectivity index (χ4v) is 3.32. The standard InChI is InChI=1S/C12H11NO4S3/c14-11-10(8-9-4-2-1-3-5-9)19-12(18)13(11)6-7-20(15,16)17/h1-5,8H,6-7H2,(H,15,16,17). The predicted octanol–water partition coefficient (Wildman–Crippen LogP) is 1.78. The number of amides is 1. The van der Waals surface area contributed by atoms with E-state index >= 15 is 0 Å². The Morgan fingerprint density at radius 3 is 2.55 bits per heavy atom. The van der Waals surface area contributed by atoms with Crippen molar-refractivity contribution in [2.75, 3.05) is 12.3 Å². The van der Waals surface area contributed by atoms with Crippen LogP contribution in [0.1, 0.15) is 5.56 Å². The monoisotopic (exact) mass is 329 g/mol. The van der Waals surface area contributed by atoms with Gasteiger partial charge in [0.25, 0.3) is 16.0 Å². The van der Waals surface area contributed by atoms with E-state index in [9.17, 15) is 13.2 Å². The van der Waals surface area contributed by atoms with Gasteiger partial charge in [-0.1, -0.05) is 54.3 Å². The lowest BCUT2D eigenvalue weighted by molar-refractivity contribution is -0.121. The molecule has 0 atom stereocenters. The molecule has 0 unspecified atom stereocenters. The van der Waals surface area contributed by atoms with E-state index in [2.05, 4.69) is 0 Å². The van der Waals surface area contributed by atoms with Crippen molar-refractivity contribution in [3.8, 4) is 0 Å². The zero-order valence-corrected chi connectivity index (χ0v) is 12.7. The minimum atomic E-state index is -4.12. The van der Waals surface area contributed by atoms with Crippen LogP contribution < -0.4 is 0 Å². The van der Waals surface area contributed by atoms with Crippen molar-refractivity contribution in [2.45, 2.75) is 0 Å². The third-order valence-corrected chi connectivity index (χ3v) is 4.62. The fraction of sp³-hybridized carbons (Fsp3) is 0.167. The van der Waals surface area contributed by atoms with E-state index in [4.69, 9.17) is 16.8 Å². The third kappa shape index (κ3) is 3.89. The molecule has 0 radical (unpaired) electrons. The molecule has 1 heterocycles. The summed E-state index contributed by atoms with van der Waals surface area (Å²) in [5.74, 6) is -0.870. The van der Waals surface area contributed by atoms with Gasteiger partial charge in [0.1, 0.15) is 4.32 Å². The molecule has 0 aromatic heterocycles. The minimum Gasteiger partial charge on any atom is -0.292 e. The number of carbonyl (C=O) groups is 1. The van der Waals surface area contributed by atoms with Crippen molar-refractivity contribution in [1.82, 2.24) is 4.90 Å². The number of thioether (sulfide) groups is 1. The predicted molar refractivity (Wildman–Crippen MR) is 82.7 cm³/mol. The van der Waals surface area contributed by atoms with E-state index in [0.29, 0.717) is 9.23 Å². The summed E-state index contributed by atoms with van der Waals surface area (Å²) >= 11 is 6.17. The maximum atomic E-state index is 12.1. The molecule has 1 aromatic rings. The smallest absolute Gasteiger partial charge is 0.266 e. The first kappa shape index (κ1) is 15.2. The van der Waals surface area contributed by atoms with E-state index in [1.165, 1.54) is 4.90 Å². The summed E-state index contributed by atoms with van der Waals surface area (Å²) in [6, 6.07) is 9.28. The van der Waals surface area contributed by atoms with Gasteiger partial charge in [0.05, 0.1) is 10.7 Å². The highest BCUT2D eigenvalue weighted by molar-refractivity contribution is 8.26. The fourth-order valence-electron chi connectivity index (χ4n) is 1.60. The van der Waals surface area contributed by atoms with E-state index in [1.807, 2.05) is 30.3 Å². The highest BCUT2D eigenvalue weighted by Gasteiger charge is 2.32. The maximum absolute atomic E-state index is 12.1. The molecule has 0 bridgehead atoms. The van der Waals surface area contributed by atoms with Gasteiger partial charge in [-0.05, 0) is 11.6 Å². The SMILES string of the molecule is O=C1C(=Cc2ccccc2)SC(=S)N1CCS(=O)(=O)O. The van der Waals surface area contributed by atoms with Crippen molar-refractivity contribution >= 4 is 50.4 Å². The molecule has 0 saturated carbocycles. The van der Waals surface area contributed by atoms with Crippen LogP contribution in [0.15, 0.2) is 35.2 Å². The second kappa shape index (κ2) is 6.04. The average molecular weight is 329 g/mol. The molecule has 1 amide bonds. The Morgan fingerprint density at radius 1 is 1.30 bits per heavy atom. The van der Waals surface area contributed by atoms with Gasteiger partial charge in [0.2, 0.25) is 0 Å². The van der Waals surface area contributed by atoms with Gasteiger partial charge in [0.15, 0.2) is 0 Å². The second-order valence-electron chi connectivity index (χ2n) is 4.03. The highest BCUT2D eigenvalue weighted by Crippen LogP contribution is 2.32. The summed E-state index contributed by atoms with van der Waals surface area (Å²) in [6.07, 6.45) is 1.70. The lowest BCUT2D eigenvalue weighted by Crippen LogP contribution is -2.32. The van der Waals surface area contributed by atoms with Crippen LogP contribution in [0, 0.1) is 0 Å². The van der Waals surface area contributed by atoms with Crippen molar-refractivity contribution in [3.05, 3.63) is 40.8 Å². The van der Waals surface area contributed by atoms with Crippen LogP contribution in [0.2, 0.25) is 0 Å². The largest absolute Gasteiger partial charge is 0.292 e. The molecule has 0 spiro atoms. The van der Waals surface area contributed by atoms with Gasteiger partial charge in [-0.15, -0.1) is 0 Å². The first-order chi connectivity index (χ1) is 9.37. The number of rotatable bonds is 4. The van der Waals surface area contributed by atoms with Crippen LogP contribution in [-0.2, 0) is 14.9 Å². The van der Waals surface area contributed by atoms with E-state index < -0.39 is 15.9 Å². The number of hydrogen-bond donors (Lipinski definition) is 1. The first-order valence-corrected chi connectivity index (χ1v) is 8.46. The molecule has 1 aliphatic rings. The second-order valence-corrected chi connectivity index (χ2v) is 7.28. The van der Waals surface area contributed by atoms with Gasteiger partial charge in [-0.2, -0.15) is 8.42 Å². The molecule has 1 N–H and O–H groups in total. The van der Waals surface area contributed by atoms with E-state index in [1.54, 1.807) is 6.08 Å². The Balaban J connectivity index is 2.15. The van der Waals surface area contributed by atoms with Crippen molar-refractivity contribution < 1.29 is 17.8 Å². The van der Waals surface area contributed by atoms with Crippen LogP contribution in [0.4, 0.5) is 0 Å². The number of carbonyl (C=O) groups excluding carboxylic acids is 1. The third-order valence-electron chi connectivity index (χ3n) is 2.54. The van der Waals surface area contributed by atoms with E-state index in [-0.39, 0.29) is 12.5 Å². The first-order valence-electron chi connectivity index (χ1n) is 5.62. The molecule has 1 aliphatic heterocycles. The van der Waals surface area contributed by atoms with Crippen LogP contribution in [0.3, 0.4) is 0 Å². The van der Waals surface area contributed by atoms with Crippen molar-refractivity contribution in [2.24, 2.45) is 0 Å². The van der Waals surface area contributed by atoms with Crippen LogP contribution in [0.5, 0.6) is 0 Å². The quantitative estimate of drug-likeness (QED) is 0.515. The zero-order chi connectivity index (χ0) is 14.8. The number of benzene rings is 1. The highest BCUT2D eigenvalue weighted by atomic mass is 32.2. The molecular formula is C12H11NO4S3. The molecule has 1 saturated heterocycles. The maximum Gasteiger partial charge on any atom is 0.266 e.